The first-order chi connectivity index (χ1) is 15.7. The molecule has 0 fully saturated rings. The van der Waals surface area contributed by atoms with Gasteiger partial charge in [-0.2, -0.15) is 0 Å². The number of aromatic nitrogens is 1. The van der Waals surface area contributed by atoms with Crippen LogP contribution in [0.25, 0.3) is 10.2 Å². The molecule has 6 heteroatoms. The lowest BCUT2D eigenvalue weighted by Gasteiger charge is -2.19. The Bertz CT molecular complexity index is 1360. The third-order valence-corrected chi connectivity index (χ3v) is 6.00. The molecule has 0 N–H and O–H groups in total. The summed E-state index contributed by atoms with van der Waals surface area (Å²) in [4.78, 5) is 20.0. The Kier molecular flexibility index (Phi) is 5.44. The van der Waals surface area contributed by atoms with Gasteiger partial charge in [-0.25, -0.2) is 4.98 Å². The average molecular weight is 441 g/mol. The van der Waals surface area contributed by atoms with Crippen LogP contribution in [0, 0.1) is 6.92 Å². The molecule has 0 unspecified atom stereocenters. The SMILES string of the molecule is Cc1ccc2nc(N(Cc3ccco3)C(=O)c3cccc(Oc4ccccc4)c3)sc2c1. The third kappa shape index (κ3) is 4.26. The van der Waals surface area contributed by atoms with Crippen molar-refractivity contribution in [1.29, 1.82) is 0 Å². The molecule has 0 aliphatic carbocycles. The second-order valence-electron chi connectivity index (χ2n) is 7.38. The van der Waals surface area contributed by atoms with Crippen molar-refractivity contribution in [3.63, 3.8) is 0 Å². The normalized spacial score (nSPS) is 10.9. The van der Waals surface area contributed by atoms with E-state index < -0.39 is 0 Å². The van der Waals surface area contributed by atoms with Gasteiger partial charge in [0.15, 0.2) is 5.13 Å². The summed E-state index contributed by atoms with van der Waals surface area (Å²) >= 11 is 1.49. The molecule has 5 aromatic rings. The number of rotatable bonds is 6. The molecule has 0 saturated heterocycles. The van der Waals surface area contributed by atoms with Gasteiger partial charge in [-0.1, -0.05) is 41.7 Å². The highest BCUT2D eigenvalue weighted by Crippen LogP contribution is 2.32. The summed E-state index contributed by atoms with van der Waals surface area (Å²) in [6.45, 7) is 2.33. The number of benzene rings is 3. The van der Waals surface area contributed by atoms with Crippen molar-refractivity contribution in [2.45, 2.75) is 13.5 Å². The van der Waals surface area contributed by atoms with E-state index in [1.54, 1.807) is 23.3 Å². The number of furan rings is 1. The molecule has 0 radical (unpaired) electrons. The topological polar surface area (TPSA) is 55.6 Å². The van der Waals surface area contributed by atoms with E-state index in [-0.39, 0.29) is 12.5 Å². The van der Waals surface area contributed by atoms with Crippen molar-refractivity contribution in [3.05, 3.63) is 108 Å². The fourth-order valence-electron chi connectivity index (χ4n) is 3.39. The summed E-state index contributed by atoms with van der Waals surface area (Å²) in [5.41, 5.74) is 2.54. The zero-order chi connectivity index (χ0) is 21.9. The van der Waals surface area contributed by atoms with Crippen molar-refractivity contribution >= 4 is 32.6 Å². The van der Waals surface area contributed by atoms with Crippen molar-refractivity contribution in [2.24, 2.45) is 0 Å². The Labute approximate surface area is 189 Å². The molecule has 2 heterocycles. The van der Waals surface area contributed by atoms with Crippen LogP contribution in [-0.4, -0.2) is 10.9 Å². The number of hydrogen-bond donors (Lipinski definition) is 0. The number of para-hydroxylation sites is 1. The van der Waals surface area contributed by atoms with Crippen LogP contribution < -0.4 is 9.64 Å². The Morgan fingerprint density at radius 2 is 1.81 bits per heavy atom. The van der Waals surface area contributed by atoms with Crippen LogP contribution in [0.2, 0.25) is 0 Å². The zero-order valence-corrected chi connectivity index (χ0v) is 18.2. The second kappa shape index (κ2) is 8.69. The first-order valence-corrected chi connectivity index (χ1v) is 11.0. The van der Waals surface area contributed by atoms with E-state index in [0.717, 1.165) is 15.8 Å². The van der Waals surface area contributed by atoms with Crippen molar-refractivity contribution in [2.75, 3.05) is 4.90 Å². The van der Waals surface area contributed by atoms with Gasteiger partial charge in [0.2, 0.25) is 0 Å². The lowest BCUT2D eigenvalue weighted by molar-refractivity contribution is 0.0983. The molecule has 0 aliphatic heterocycles. The fourth-order valence-corrected chi connectivity index (χ4v) is 4.45. The largest absolute Gasteiger partial charge is 0.467 e. The maximum absolute atomic E-state index is 13.6. The minimum Gasteiger partial charge on any atom is -0.467 e. The standard InChI is InChI=1S/C26H20N2O3S/c1-18-12-13-23-24(15-18)32-26(27-23)28(17-22-11-6-14-30-22)25(29)19-7-5-10-21(16-19)31-20-8-3-2-4-9-20/h2-16H,17H2,1H3. The molecule has 0 bridgehead atoms. The lowest BCUT2D eigenvalue weighted by atomic mass is 10.2. The third-order valence-electron chi connectivity index (χ3n) is 4.96. The smallest absolute Gasteiger partial charge is 0.260 e. The molecular weight excluding hydrogens is 420 g/mol. The Morgan fingerprint density at radius 3 is 2.62 bits per heavy atom. The monoisotopic (exact) mass is 440 g/mol. The van der Waals surface area contributed by atoms with E-state index in [1.807, 2.05) is 73.7 Å². The highest BCUT2D eigenvalue weighted by Gasteiger charge is 2.23. The summed E-state index contributed by atoms with van der Waals surface area (Å²) in [5, 5.41) is 0.626. The molecule has 5 nitrogen and oxygen atoms in total. The lowest BCUT2D eigenvalue weighted by Crippen LogP contribution is -2.30. The van der Waals surface area contributed by atoms with Gasteiger partial charge in [0.25, 0.3) is 5.91 Å². The number of aryl methyl sites for hydroxylation is 1. The van der Waals surface area contributed by atoms with Gasteiger partial charge in [-0.3, -0.25) is 9.69 Å². The van der Waals surface area contributed by atoms with Gasteiger partial charge in [0.05, 0.1) is 23.0 Å². The van der Waals surface area contributed by atoms with E-state index in [1.165, 1.54) is 11.3 Å². The van der Waals surface area contributed by atoms with Crippen LogP contribution in [0.5, 0.6) is 11.5 Å². The number of hydrogen-bond acceptors (Lipinski definition) is 5. The number of anilines is 1. The van der Waals surface area contributed by atoms with Gasteiger partial charge in [-0.05, 0) is 67.1 Å². The molecule has 2 aromatic heterocycles. The van der Waals surface area contributed by atoms with Gasteiger partial charge in [-0.15, -0.1) is 0 Å². The minimum atomic E-state index is -0.171. The average Bonchev–Trinajstić information content (AvgIpc) is 3.47. The second-order valence-corrected chi connectivity index (χ2v) is 8.39. The summed E-state index contributed by atoms with van der Waals surface area (Å²) in [7, 11) is 0. The minimum absolute atomic E-state index is 0.171. The summed E-state index contributed by atoms with van der Waals surface area (Å²) < 4.78 is 12.5. The number of carbonyl (C=O) groups excluding carboxylic acids is 1. The number of nitrogens with zero attached hydrogens (tertiary/aromatic N) is 2. The predicted molar refractivity (Wildman–Crippen MR) is 127 cm³/mol. The van der Waals surface area contributed by atoms with Crippen LogP contribution in [0.3, 0.4) is 0 Å². The van der Waals surface area contributed by atoms with E-state index in [4.69, 9.17) is 14.1 Å². The van der Waals surface area contributed by atoms with Crippen molar-refractivity contribution in [1.82, 2.24) is 4.98 Å². The highest BCUT2D eigenvalue weighted by molar-refractivity contribution is 7.22. The Morgan fingerprint density at radius 1 is 0.969 bits per heavy atom. The molecule has 0 spiro atoms. The van der Waals surface area contributed by atoms with Crippen LogP contribution in [0.15, 0.2) is 95.6 Å². The number of thiazole rings is 1. The number of ether oxygens (including phenoxy) is 1. The summed E-state index contributed by atoms with van der Waals surface area (Å²) in [6, 6.07) is 26.4. The van der Waals surface area contributed by atoms with Crippen LogP contribution in [-0.2, 0) is 6.54 Å². The quantitative estimate of drug-likeness (QED) is 0.290. The number of carbonyl (C=O) groups is 1. The highest BCUT2D eigenvalue weighted by atomic mass is 32.1. The Balaban J connectivity index is 1.49. The van der Waals surface area contributed by atoms with E-state index in [0.29, 0.717) is 28.0 Å². The maximum atomic E-state index is 13.6. The number of amides is 1. The molecular formula is C26H20N2O3S. The van der Waals surface area contributed by atoms with E-state index in [2.05, 4.69) is 6.07 Å². The molecule has 1 amide bonds. The molecule has 5 rings (SSSR count). The van der Waals surface area contributed by atoms with Gasteiger partial charge < -0.3 is 9.15 Å². The summed E-state index contributed by atoms with van der Waals surface area (Å²) in [6.07, 6.45) is 1.61. The van der Waals surface area contributed by atoms with Crippen molar-refractivity contribution in [3.8, 4) is 11.5 Å². The molecule has 158 valence electrons. The fraction of sp³-hybridized carbons (Fsp3) is 0.0769. The van der Waals surface area contributed by atoms with Crippen LogP contribution in [0.4, 0.5) is 5.13 Å². The summed E-state index contributed by atoms with van der Waals surface area (Å²) in [5.74, 6) is 1.83. The Hall–Kier alpha value is -3.90. The molecule has 0 saturated carbocycles. The first kappa shape index (κ1) is 20.0. The predicted octanol–water partition coefficient (Wildman–Crippen LogP) is 6.84. The zero-order valence-electron chi connectivity index (χ0n) is 17.4. The van der Waals surface area contributed by atoms with Crippen LogP contribution in [0.1, 0.15) is 21.7 Å². The first-order valence-electron chi connectivity index (χ1n) is 10.2. The molecule has 3 aromatic carbocycles. The van der Waals surface area contributed by atoms with Gasteiger partial charge >= 0.3 is 0 Å². The number of fused-ring (bicyclic) bond motifs is 1. The molecule has 0 aliphatic rings. The molecule has 0 atom stereocenters. The van der Waals surface area contributed by atoms with Crippen molar-refractivity contribution < 1.29 is 13.9 Å². The molecule has 32 heavy (non-hydrogen) atoms. The van der Waals surface area contributed by atoms with Gasteiger partial charge in [0, 0.05) is 5.56 Å². The van der Waals surface area contributed by atoms with Crippen LogP contribution >= 0.6 is 11.3 Å². The maximum Gasteiger partial charge on any atom is 0.260 e. The van der Waals surface area contributed by atoms with E-state index >= 15 is 0 Å². The van der Waals surface area contributed by atoms with Gasteiger partial charge in [0.1, 0.15) is 17.3 Å². The van der Waals surface area contributed by atoms with E-state index in [9.17, 15) is 4.79 Å².